The van der Waals surface area contributed by atoms with Crippen molar-refractivity contribution in [2.24, 2.45) is 5.41 Å². The van der Waals surface area contributed by atoms with Crippen molar-refractivity contribution in [3.05, 3.63) is 33.0 Å². The summed E-state index contributed by atoms with van der Waals surface area (Å²) >= 11 is 9.82. The molecular weight excluding hydrogens is 434 g/mol. The molecule has 0 amide bonds. The lowest BCUT2D eigenvalue weighted by Gasteiger charge is -2.22. The minimum absolute atomic E-state index is 0.0358. The molecule has 0 unspecified atom stereocenters. The van der Waals surface area contributed by atoms with Gasteiger partial charge < -0.3 is 15.1 Å². The van der Waals surface area contributed by atoms with Crippen LogP contribution in [-0.4, -0.2) is 57.1 Å². The van der Waals surface area contributed by atoms with Gasteiger partial charge in [-0.2, -0.15) is 0 Å². The number of allylic oxidation sites excluding steroid dienone is 1. The summed E-state index contributed by atoms with van der Waals surface area (Å²) in [7, 11) is 5.72. The third kappa shape index (κ3) is 16.7. The molecule has 32 heavy (non-hydrogen) atoms. The Kier molecular flexibility index (Phi) is 23.0. The third-order valence-corrected chi connectivity index (χ3v) is 5.22. The van der Waals surface area contributed by atoms with E-state index < -0.39 is 0 Å². The molecule has 0 atom stereocenters. The molecule has 188 valence electrons. The standard InChI is InChI=1S/C14H24N2OS.C8H14S.C2H7N.C2H6/c1-4-8-16(5-2)10-7-6-9-15(3)12-11-13(18)14(12)17;1-6(7(2)9)8(3,4)5;1-3-2;1-2/h11H,4-10H2,1-3H3;1H2,2-5H3;3H,1-2H3;1-2H3. The topological polar surface area (TPSA) is 35.6 Å². The molecule has 6 heteroatoms. The van der Waals surface area contributed by atoms with Crippen molar-refractivity contribution in [1.29, 1.82) is 0 Å². The lowest BCUT2D eigenvalue weighted by atomic mass is 9.86. The zero-order valence-electron chi connectivity index (χ0n) is 22.9. The minimum Gasteiger partial charge on any atom is -0.371 e. The van der Waals surface area contributed by atoms with Gasteiger partial charge in [0, 0.05) is 18.5 Å². The highest BCUT2D eigenvalue weighted by atomic mass is 32.1. The Balaban J connectivity index is -0.000000503. The fourth-order valence-corrected chi connectivity index (χ4v) is 3.19. The van der Waals surface area contributed by atoms with Crippen LogP contribution in [0.25, 0.3) is 0 Å². The van der Waals surface area contributed by atoms with Gasteiger partial charge in [-0.25, -0.2) is 0 Å². The second kappa shape index (κ2) is 20.6. The molecule has 0 heterocycles. The highest BCUT2D eigenvalue weighted by Gasteiger charge is 2.15. The van der Waals surface area contributed by atoms with Gasteiger partial charge in [0.1, 0.15) is 0 Å². The van der Waals surface area contributed by atoms with Gasteiger partial charge in [0.2, 0.25) is 5.43 Å². The van der Waals surface area contributed by atoms with Crippen LogP contribution in [0.3, 0.4) is 0 Å². The van der Waals surface area contributed by atoms with Crippen molar-refractivity contribution in [1.82, 2.24) is 10.2 Å². The maximum absolute atomic E-state index is 11.4. The van der Waals surface area contributed by atoms with E-state index in [0.717, 1.165) is 42.2 Å². The van der Waals surface area contributed by atoms with Crippen molar-refractivity contribution >= 4 is 35.0 Å². The van der Waals surface area contributed by atoms with Crippen LogP contribution in [0.1, 0.15) is 74.7 Å². The first-order valence-corrected chi connectivity index (χ1v) is 12.7. The van der Waals surface area contributed by atoms with Crippen LogP contribution in [0.2, 0.25) is 0 Å². The largest absolute Gasteiger partial charge is 0.371 e. The van der Waals surface area contributed by atoms with Crippen molar-refractivity contribution < 1.29 is 0 Å². The van der Waals surface area contributed by atoms with E-state index in [1.54, 1.807) is 6.07 Å². The lowest BCUT2D eigenvalue weighted by molar-refractivity contribution is 0.283. The number of nitrogens with one attached hydrogen (secondary N) is 1. The molecule has 0 aliphatic rings. The van der Waals surface area contributed by atoms with Gasteiger partial charge in [-0.05, 0) is 77.0 Å². The molecule has 0 aliphatic carbocycles. The number of nitrogens with zero attached hydrogens (tertiary/aromatic N) is 2. The number of hydrogen-bond donors (Lipinski definition) is 1. The van der Waals surface area contributed by atoms with Crippen LogP contribution >= 0.6 is 24.4 Å². The van der Waals surface area contributed by atoms with Gasteiger partial charge in [-0.3, -0.25) is 4.79 Å². The number of unbranched alkanes of at least 4 members (excludes halogenated alkanes) is 1. The Morgan fingerprint density at radius 2 is 1.56 bits per heavy atom. The average Bonchev–Trinajstić information content (AvgIpc) is 2.74. The summed E-state index contributed by atoms with van der Waals surface area (Å²) in [6.07, 6.45) is 3.52. The van der Waals surface area contributed by atoms with E-state index in [-0.39, 0.29) is 10.8 Å². The molecule has 0 radical (unpaired) electrons. The summed E-state index contributed by atoms with van der Waals surface area (Å²) in [5.41, 5.74) is 2.03. The maximum Gasteiger partial charge on any atom is 0.219 e. The summed E-state index contributed by atoms with van der Waals surface area (Å²) in [5, 5.41) is 2.75. The minimum atomic E-state index is 0.0358. The van der Waals surface area contributed by atoms with E-state index >= 15 is 0 Å². The summed E-state index contributed by atoms with van der Waals surface area (Å²) in [4.78, 5) is 16.8. The van der Waals surface area contributed by atoms with E-state index in [2.05, 4.69) is 51.4 Å². The summed E-state index contributed by atoms with van der Waals surface area (Å²) in [6, 6.07) is 1.80. The SMILES string of the molecule is C=C(C(C)=S)C(C)(C)C.CC.CCCN(CC)CCCCN(C)c1cc(=S)c1=O.CNC. The monoisotopic (exact) mass is 485 g/mol. The van der Waals surface area contributed by atoms with E-state index in [0.29, 0.717) is 4.51 Å². The Hall–Kier alpha value is -0.950. The molecule has 1 aromatic carbocycles. The third-order valence-electron chi connectivity index (χ3n) is 4.67. The first-order chi connectivity index (χ1) is 14.9. The molecule has 0 fully saturated rings. The van der Waals surface area contributed by atoms with Crippen molar-refractivity contribution in [2.75, 3.05) is 52.2 Å². The Morgan fingerprint density at radius 1 is 1.09 bits per heavy atom. The first kappa shape index (κ1) is 35.6. The average molecular weight is 486 g/mol. The molecule has 0 spiro atoms. The smallest absolute Gasteiger partial charge is 0.219 e. The normalized spacial score (nSPS) is 10.2. The van der Waals surface area contributed by atoms with Crippen LogP contribution in [0.5, 0.6) is 0 Å². The van der Waals surface area contributed by atoms with Crippen LogP contribution in [-0.2, 0) is 0 Å². The highest BCUT2D eigenvalue weighted by molar-refractivity contribution is 7.80. The zero-order chi connectivity index (χ0) is 25.9. The summed E-state index contributed by atoms with van der Waals surface area (Å²) < 4.78 is 0.469. The Labute approximate surface area is 210 Å². The van der Waals surface area contributed by atoms with Crippen molar-refractivity contribution in [3.8, 4) is 0 Å². The predicted octanol–water partition coefficient (Wildman–Crippen LogP) is 6.44. The molecule has 1 N–H and O–H groups in total. The van der Waals surface area contributed by atoms with Gasteiger partial charge in [0.15, 0.2) is 0 Å². The van der Waals surface area contributed by atoms with E-state index in [9.17, 15) is 4.79 Å². The van der Waals surface area contributed by atoms with Crippen LogP contribution < -0.4 is 15.6 Å². The van der Waals surface area contributed by atoms with Crippen LogP contribution in [0.15, 0.2) is 23.0 Å². The second-order valence-electron chi connectivity index (χ2n) is 8.57. The second-order valence-corrected chi connectivity index (χ2v) is 9.62. The van der Waals surface area contributed by atoms with E-state index in [1.807, 2.05) is 46.8 Å². The first-order valence-electron chi connectivity index (χ1n) is 11.9. The molecule has 0 saturated carbocycles. The molecule has 1 rings (SSSR count). The summed E-state index contributed by atoms with van der Waals surface area (Å²) in [5.74, 6) is 0. The quantitative estimate of drug-likeness (QED) is 0.233. The van der Waals surface area contributed by atoms with Crippen LogP contribution in [0, 0.1) is 9.93 Å². The molecule has 4 nitrogen and oxygen atoms in total. The van der Waals surface area contributed by atoms with Crippen molar-refractivity contribution in [3.63, 3.8) is 0 Å². The highest BCUT2D eigenvalue weighted by Crippen LogP contribution is 2.24. The number of anilines is 1. The summed E-state index contributed by atoms with van der Waals surface area (Å²) in [6.45, 7) is 25.0. The molecule has 0 bridgehead atoms. The van der Waals surface area contributed by atoms with Gasteiger partial charge in [0.05, 0.1) is 10.2 Å². The predicted molar refractivity (Wildman–Crippen MR) is 154 cm³/mol. The molecule has 0 saturated heterocycles. The molecular formula is C26H51N3OS2. The molecule has 0 aromatic heterocycles. The van der Waals surface area contributed by atoms with Gasteiger partial charge in [0.25, 0.3) is 0 Å². The van der Waals surface area contributed by atoms with Gasteiger partial charge in [-0.1, -0.05) is 79.5 Å². The number of rotatable bonds is 10. The van der Waals surface area contributed by atoms with Gasteiger partial charge in [-0.15, -0.1) is 0 Å². The van der Waals surface area contributed by atoms with E-state index in [4.69, 9.17) is 24.4 Å². The molecule has 1 aromatic rings. The lowest BCUT2D eigenvalue weighted by Crippen LogP contribution is -2.29. The number of thiocarbonyl (C=S) groups is 1. The molecule has 0 aliphatic heterocycles. The fourth-order valence-electron chi connectivity index (χ4n) is 2.66. The maximum atomic E-state index is 11.4. The Morgan fingerprint density at radius 3 is 1.84 bits per heavy atom. The van der Waals surface area contributed by atoms with E-state index in [1.165, 1.54) is 19.4 Å². The Bertz CT molecular complexity index is 686. The fraction of sp³-hybridized carbons (Fsp3) is 0.731. The van der Waals surface area contributed by atoms with Crippen molar-refractivity contribution in [2.45, 2.75) is 74.7 Å². The number of hydrogen-bond acceptors (Lipinski definition) is 6. The van der Waals surface area contributed by atoms with Crippen LogP contribution in [0.4, 0.5) is 5.69 Å². The zero-order valence-corrected chi connectivity index (χ0v) is 24.5. The van der Waals surface area contributed by atoms with Gasteiger partial charge >= 0.3 is 0 Å².